The summed E-state index contributed by atoms with van der Waals surface area (Å²) in [6.07, 6.45) is 7.42. The summed E-state index contributed by atoms with van der Waals surface area (Å²) >= 11 is 0. The first-order valence-corrected chi connectivity index (χ1v) is 7.05. The second-order valence-electron chi connectivity index (χ2n) is 5.43. The molecule has 2 fully saturated rings. The Hall–Kier alpha value is -1.52. The molecule has 3 atom stereocenters. The van der Waals surface area contributed by atoms with E-state index in [0.29, 0.717) is 18.9 Å². The van der Waals surface area contributed by atoms with E-state index in [9.17, 15) is 14.7 Å². The van der Waals surface area contributed by atoms with E-state index in [0.717, 1.165) is 25.7 Å². The fourth-order valence-electron chi connectivity index (χ4n) is 3.42. The van der Waals surface area contributed by atoms with Crippen molar-refractivity contribution < 1.29 is 14.7 Å². The molecule has 2 rings (SSSR count). The van der Waals surface area contributed by atoms with Crippen molar-refractivity contribution in [2.75, 3.05) is 6.54 Å². The molecule has 3 unspecified atom stereocenters. The number of likely N-dealkylation sites (tertiary alicyclic amines) is 1. The van der Waals surface area contributed by atoms with Crippen molar-refractivity contribution in [1.82, 2.24) is 10.2 Å². The number of carboxylic acid groups (broad SMARTS) is 1. The summed E-state index contributed by atoms with van der Waals surface area (Å²) in [6, 6.07) is -0.846. The summed E-state index contributed by atoms with van der Waals surface area (Å²) in [5.74, 6) is -0.420. The number of carboxylic acids is 1. The SMILES string of the molecule is C=CCNC(=O)N1C(C(=O)O)CCC2CCCCC21. The number of carbonyl (C=O) groups is 2. The highest BCUT2D eigenvalue weighted by Gasteiger charge is 2.43. The maximum absolute atomic E-state index is 12.2. The third-order valence-electron chi connectivity index (χ3n) is 4.29. The minimum Gasteiger partial charge on any atom is -0.480 e. The third-order valence-corrected chi connectivity index (χ3v) is 4.29. The van der Waals surface area contributed by atoms with Crippen molar-refractivity contribution >= 4 is 12.0 Å². The van der Waals surface area contributed by atoms with Gasteiger partial charge in [0.25, 0.3) is 0 Å². The molecule has 0 spiro atoms. The van der Waals surface area contributed by atoms with E-state index in [-0.39, 0.29) is 12.1 Å². The fourth-order valence-corrected chi connectivity index (χ4v) is 3.42. The average molecular weight is 266 g/mol. The molecule has 2 amide bonds. The normalized spacial score (nSPS) is 30.3. The first-order chi connectivity index (χ1) is 9.15. The molecular weight excluding hydrogens is 244 g/mol. The van der Waals surface area contributed by atoms with Gasteiger partial charge in [-0.05, 0) is 31.6 Å². The molecule has 2 aliphatic rings. The number of urea groups is 1. The maximum Gasteiger partial charge on any atom is 0.326 e. The van der Waals surface area contributed by atoms with Gasteiger partial charge in [-0.3, -0.25) is 0 Å². The second-order valence-corrected chi connectivity index (χ2v) is 5.43. The van der Waals surface area contributed by atoms with E-state index in [1.54, 1.807) is 11.0 Å². The molecule has 1 saturated heterocycles. The van der Waals surface area contributed by atoms with Crippen LogP contribution in [0.25, 0.3) is 0 Å². The van der Waals surface area contributed by atoms with Gasteiger partial charge in [0.05, 0.1) is 0 Å². The van der Waals surface area contributed by atoms with Crippen LogP contribution in [0.5, 0.6) is 0 Å². The van der Waals surface area contributed by atoms with Crippen LogP contribution < -0.4 is 5.32 Å². The number of nitrogens with one attached hydrogen (secondary N) is 1. The Kier molecular flexibility index (Phi) is 4.45. The molecule has 2 N–H and O–H groups in total. The van der Waals surface area contributed by atoms with Crippen molar-refractivity contribution in [2.45, 2.75) is 50.6 Å². The molecule has 0 radical (unpaired) electrons. The van der Waals surface area contributed by atoms with Gasteiger partial charge in [0.15, 0.2) is 0 Å². The van der Waals surface area contributed by atoms with Gasteiger partial charge >= 0.3 is 12.0 Å². The Labute approximate surface area is 113 Å². The van der Waals surface area contributed by atoms with E-state index < -0.39 is 12.0 Å². The second kappa shape index (κ2) is 6.08. The van der Waals surface area contributed by atoms with Crippen LogP contribution in [0.2, 0.25) is 0 Å². The Morgan fingerprint density at radius 3 is 2.68 bits per heavy atom. The molecule has 1 heterocycles. The number of fused-ring (bicyclic) bond motifs is 1. The standard InChI is InChI=1S/C14H22N2O3/c1-2-9-15-14(19)16-11-6-4-3-5-10(11)7-8-12(16)13(17)18/h2,10-12H,1,3-9H2,(H,15,19)(H,17,18). The van der Waals surface area contributed by atoms with Gasteiger partial charge in [-0.25, -0.2) is 9.59 Å². The Balaban J connectivity index is 2.16. The topological polar surface area (TPSA) is 69.6 Å². The minimum absolute atomic E-state index is 0.0911. The van der Waals surface area contributed by atoms with Crippen LogP contribution in [0.3, 0.4) is 0 Å². The van der Waals surface area contributed by atoms with Crippen molar-refractivity contribution in [2.24, 2.45) is 5.92 Å². The number of aliphatic carboxylic acids is 1. The van der Waals surface area contributed by atoms with Crippen LogP contribution in [0.4, 0.5) is 4.79 Å². The zero-order valence-electron chi connectivity index (χ0n) is 11.2. The zero-order chi connectivity index (χ0) is 13.8. The summed E-state index contributed by atoms with van der Waals surface area (Å²) in [5.41, 5.74) is 0. The molecule has 0 aromatic rings. The van der Waals surface area contributed by atoms with Crippen LogP contribution in [-0.2, 0) is 4.79 Å². The van der Waals surface area contributed by atoms with Crippen LogP contribution in [0.15, 0.2) is 12.7 Å². The summed E-state index contributed by atoms with van der Waals surface area (Å²) in [7, 11) is 0. The van der Waals surface area contributed by atoms with Crippen LogP contribution in [0, 0.1) is 5.92 Å². The highest BCUT2D eigenvalue weighted by Crippen LogP contribution is 2.37. The molecule has 1 aliphatic heterocycles. The van der Waals surface area contributed by atoms with E-state index in [1.807, 2.05) is 0 Å². The first-order valence-electron chi connectivity index (χ1n) is 7.05. The molecular formula is C14H22N2O3. The largest absolute Gasteiger partial charge is 0.480 e. The van der Waals surface area contributed by atoms with Gasteiger partial charge in [-0.15, -0.1) is 6.58 Å². The number of rotatable bonds is 3. The molecule has 0 aromatic heterocycles. The van der Waals surface area contributed by atoms with Crippen molar-refractivity contribution in [1.29, 1.82) is 0 Å². The van der Waals surface area contributed by atoms with Gasteiger partial charge in [-0.2, -0.15) is 0 Å². The Morgan fingerprint density at radius 1 is 1.26 bits per heavy atom. The predicted octanol–water partition coefficient (Wildman–Crippen LogP) is 1.99. The highest BCUT2D eigenvalue weighted by molar-refractivity contribution is 5.83. The lowest BCUT2D eigenvalue weighted by Gasteiger charge is -2.46. The van der Waals surface area contributed by atoms with Crippen molar-refractivity contribution in [3.8, 4) is 0 Å². The molecule has 106 valence electrons. The van der Waals surface area contributed by atoms with Crippen LogP contribution in [-0.4, -0.2) is 40.6 Å². The monoisotopic (exact) mass is 266 g/mol. The van der Waals surface area contributed by atoms with Crippen LogP contribution >= 0.6 is 0 Å². The number of nitrogens with zero attached hydrogens (tertiary/aromatic N) is 1. The number of piperidine rings is 1. The van der Waals surface area contributed by atoms with E-state index in [2.05, 4.69) is 11.9 Å². The third kappa shape index (κ3) is 2.91. The lowest BCUT2D eigenvalue weighted by atomic mass is 9.76. The van der Waals surface area contributed by atoms with Crippen molar-refractivity contribution in [3.05, 3.63) is 12.7 Å². The number of hydrogen-bond acceptors (Lipinski definition) is 2. The predicted molar refractivity (Wildman–Crippen MR) is 71.8 cm³/mol. The molecule has 1 aliphatic carbocycles. The van der Waals surface area contributed by atoms with Gasteiger partial charge in [0.2, 0.25) is 0 Å². The molecule has 1 saturated carbocycles. The molecule has 0 aromatic carbocycles. The molecule has 0 bridgehead atoms. The fraction of sp³-hybridized carbons (Fsp3) is 0.714. The van der Waals surface area contributed by atoms with Gasteiger partial charge in [-0.1, -0.05) is 18.9 Å². The average Bonchev–Trinajstić information content (AvgIpc) is 2.43. The molecule has 5 heteroatoms. The molecule has 5 nitrogen and oxygen atoms in total. The highest BCUT2D eigenvalue weighted by atomic mass is 16.4. The van der Waals surface area contributed by atoms with E-state index in [1.165, 1.54) is 6.42 Å². The smallest absolute Gasteiger partial charge is 0.326 e. The summed E-state index contributed by atoms with van der Waals surface area (Å²) in [6.45, 7) is 3.94. The van der Waals surface area contributed by atoms with E-state index >= 15 is 0 Å². The Bertz CT molecular complexity index is 370. The number of hydrogen-bond donors (Lipinski definition) is 2. The van der Waals surface area contributed by atoms with E-state index in [4.69, 9.17) is 0 Å². The van der Waals surface area contributed by atoms with Gasteiger partial charge < -0.3 is 15.3 Å². The Morgan fingerprint density at radius 2 is 2.00 bits per heavy atom. The van der Waals surface area contributed by atoms with Crippen LogP contribution in [0.1, 0.15) is 38.5 Å². The number of carbonyl (C=O) groups excluding carboxylic acids is 1. The minimum atomic E-state index is -0.891. The summed E-state index contributed by atoms with van der Waals surface area (Å²) in [4.78, 5) is 25.2. The molecule has 19 heavy (non-hydrogen) atoms. The zero-order valence-corrected chi connectivity index (χ0v) is 11.2. The lowest BCUT2D eigenvalue weighted by molar-refractivity contribution is -0.145. The summed E-state index contributed by atoms with van der Waals surface area (Å²) < 4.78 is 0. The van der Waals surface area contributed by atoms with Crippen molar-refractivity contribution in [3.63, 3.8) is 0 Å². The summed E-state index contributed by atoms with van der Waals surface area (Å²) in [5, 5.41) is 12.1. The van der Waals surface area contributed by atoms with Gasteiger partial charge in [0, 0.05) is 12.6 Å². The van der Waals surface area contributed by atoms with Gasteiger partial charge in [0.1, 0.15) is 6.04 Å². The number of amides is 2. The first kappa shape index (κ1) is 13.9. The lowest BCUT2D eigenvalue weighted by Crippen LogP contribution is -2.59. The quantitative estimate of drug-likeness (QED) is 0.767. The maximum atomic E-state index is 12.2.